The second-order valence-electron chi connectivity index (χ2n) is 5.62. The van der Waals surface area contributed by atoms with Gasteiger partial charge in [-0.25, -0.2) is 4.98 Å². The first-order chi connectivity index (χ1) is 10.1. The number of pyridine rings is 1. The van der Waals surface area contributed by atoms with E-state index in [-0.39, 0.29) is 5.91 Å². The van der Waals surface area contributed by atoms with Gasteiger partial charge in [0.2, 0.25) is 0 Å². The quantitative estimate of drug-likeness (QED) is 0.853. The van der Waals surface area contributed by atoms with Gasteiger partial charge in [0.1, 0.15) is 5.69 Å². The zero-order valence-electron chi connectivity index (χ0n) is 13.2. The number of anilines is 1. The average Bonchev–Trinajstić information content (AvgIpc) is 2.53. The lowest BCUT2D eigenvalue weighted by Gasteiger charge is -2.35. The van der Waals surface area contributed by atoms with E-state index in [1.165, 1.54) is 0 Å². The van der Waals surface area contributed by atoms with E-state index >= 15 is 0 Å². The van der Waals surface area contributed by atoms with E-state index in [0.29, 0.717) is 5.69 Å². The lowest BCUT2D eigenvalue weighted by molar-refractivity contribution is 0.0624. The molecule has 1 fully saturated rings. The standard InChI is InChI=1S/C15H25N5O/c1-16-13-4-5-14(17-12-13)15(21)20-10-8-19(9-11-20)7-6-18(2)3/h4-5,12,16H,6-11H2,1-3H3. The number of carbonyl (C=O) groups is 1. The zero-order chi connectivity index (χ0) is 15.2. The molecule has 1 saturated heterocycles. The van der Waals surface area contributed by atoms with Crippen molar-refractivity contribution in [2.45, 2.75) is 0 Å². The molecule has 0 aliphatic carbocycles. The maximum Gasteiger partial charge on any atom is 0.272 e. The molecule has 1 N–H and O–H groups in total. The van der Waals surface area contributed by atoms with Gasteiger partial charge in [-0.2, -0.15) is 0 Å². The molecule has 1 aromatic heterocycles. The van der Waals surface area contributed by atoms with Crippen molar-refractivity contribution in [2.75, 3.05) is 65.7 Å². The predicted molar refractivity (Wildman–Crippen MR) is 84.7 cm³/mol. The van der Waals surface area contributed by atoms with Crippen LogP contribution in [0.1, 0.15) is 10.5 Å². The summed E-state index contributed by atoms with van der Waals surface area (Å²) in [5.41, 5.74) is 1.44. The van der Waals surface area contributed by atoms with Gasteiger partial charge in [-0.1, -0.05) is 0 Å². The van der Waals surface area contributed by atoms with Crippen molar-refractivity contribution in [3.8, 4) is 0 Å². The van der Waals surface area contributed by atoms with Crippen LogP contribution in [0, 0.1) is 0 Å². The zero-order valence-corrected chi connectivity index (χ0v) is 13.2. The third kappa shape index (κ3) is 4.41. The van der Waals surface area contributed by atoms with Crippen molar-refractivity contribution >= 4 is 11.6 Å². The highest BCUT2D eigenvalue weighted by Crippen LogP contribution is 2.10. The highest BCUT2D eigenvalue weighted by Gasteiger charge is 2.22. The Morgan fingerprint density at radius 1 is 1.29 bits per heavy atom. The molecule has 21 heavy (non-hydrogen) atoms. The van der Waals surface area contributed by atoms with E-state index in [1.807, 2.05) is 18.0 Å². The van der Waals surface area contributed by atoms with Crippen LogP contribution in [-0.4, -0.2) is 86.0 Å². The summed E-state index contributed by atoms with van der Waals surface area (Å²) in [7, 11) is 6.01. The van der Waals surface area contributed by atoms with Crippen LogP contribution in [-0.2, 0) is 0 Å². The van der Waals surface area contributed by atoms with Crippen molar-refractivity contribution in [2.24, 2.45) is 0 Å². The molecule has 6 heteroatoms. The Balaban J connectivity index is 1.84. The molecule has 1 amide bonds. The number of hydrogen-bond donors (Lipinski definition) is 1. The van der Waals surface area contributed by atoms with Gasteiger partial charge in [0, 0.05) is 46.3 Å². The van der Waals surface area contributed by atoms with Gasteiger partial charge in [0.25, 0.3) is 5.91 Å². The van der Waals surface area contributed by atoms with Crippen LogP contribution < -0.4 is 5.32 Å². The number of carbonyl (C=O) groups excluding carboxylic acids is 1. The predicted octanol–water partition coefficient (Wildman–Crippen LogP) is 0.443. The van der Waals surface area contributed by atoms with Crippen molar-refractivity contribution in [1.82, 2.24) is 19.7 Å². The van der Waals surface area contributed by atoms with Crippen LogP contribution in [0.3, 0.4) is 0 Å². The summed E-state index contributed by atoms with van der Waals surface area (Å²) in [5, 5.41) is 3.00. The summed E-state index contributed by atoms with van der Waals surface area (Å²) >= 11 is 0. The first kappa shape index (κ1) is 15.7. The summed E-state index contributed by atoms with van der Waals surface area (Å²) < 4.78 is 0. The van der Waals surface area contributed by atoms with Crippen LogP contribution in [0.2, 0.25) is 0 Å². The maximum absolute atomic E-state index is 12.4. The molecule has 0 aromatic carbocycles. The largest absolute Gasteiger partial charge is 0.387 e. The smallest absolute Gasteiger partial charge is 0.272 e. The van der Waals surface area contributed by atoms with Crippen molar-refractivity contribution < 1.29 is 4.79 Å². The van der Waals surface area contributed by atoms with Gasteiger partial charge in [-0.15, -0.1) is 0 Å². The molecule has 0 radical (unpaired) electrons. The Hall–Kier alpha value is -1.66. The summed E-state index contributed by atoms with van der Waals surface area (Å²) in [5.74, 6) is 0.0323. The minimum atomic E-state index is 0.0323. The first-order valence-corrected chi connectivity index (χ1v) is 7.40. The highest BCUT2D eigenvalue weighted by atomic mass is 16.2. The Kier molecular flexibility index (Phi) is 5.52. The summed E-state index contributed by atoms with van der Waals surface area (Å²) in [6.07, 6.45) is 1.70. The van der Waals surface area contributed by atoms with E-state index in [1.54, 1.807) is 12.3 Å². The minimum absolute atomic E-state index is 0.0323. The molecular weight excluding hydrogens is 266 g/mol. The molecule has 1 aliphatic heterocycles. The number of amides is 1. The lowest BCUT2D eigenvalue weighted by Crippen LogP contribution is -2.50. The summed E-state index contributed by atoms with van der Waals surface area (Å²) in [4.78, 5) is 23.1. The fraction of sp³-hybridized carbons (Fsp3) is 0.600. The number of rotatable bonds is 5. The van der Waals surface area contributed by atoms with Crippen molar-refractivity contribution in [3.63, 3.8) is 0 Å². The third-order valence-corrected chi connectivity index (χ3v) is 3.79. The molecule has 0 saturated carbocycles. The molecule has 0 spiro atoms. The number of nitrogens with one attached hydrogen (secondary N) is 1. The molecule has 1 aromatic rings. The summed E-state index contributed by atoms with van der Waals surface area (Å²) in [6, 6.07) is 3.67. The molecule has 0 atom stereocenters. The summed E-state index contributed by atoms with van der Waals surface area (Å²) in [6.45, 7) is 5.55. The van der Waals surface area contributed by atoms with E-state index in [9.17, 15) is 4.79 Å². The minimum Gasteiger partial charge on any atom is -0.387 e. The molecule has 116 valence electrons. The van der Waals surface area contributed by atoms with Crippen molar-refractivity contribution in [1.29, 1.82) is 0 Å². The normalized spacial score (nSPS) is 16.3. The monoisotopic (exact) mass is 291 g/mol. The second-order valence-corrected chi connectivity index (χ2v) is 5.62. The van der Waals surface area contributed by atoms with E-state index < -0.39 is 0 Å². The Labute approximate surface area is 126 Å². The van der Waals surface area contributed by atoms with Gasteiger partial charge >= 0.3 is 0 Å². The number of piperazine rings is 1. The fourth-order valence-corrected chi connectivity index (χ4v) is 2.35. The Morgan fingerprint density at radius 3 is 2.52 bits per heavy atom. The molecule has 1 aliphatic rings. The molecule has 0 unspecified atom stereocenters. The van der Waals surface area contributed by atoms with E-state index in [4.69, 9.17) is 0 Å². The second kappa shape index (κ2) is 7.38. The first-order valence-electron chi connectivity index (χ1n) is 7.40. The maximum atomic E-state index is 12.4. The fourth-order valence-electron chi connectivity index (χ4n) is 2.35. The Bertz CT molecular complexity index is 452. The van der Waals surface area contributed by atoms with Crippen LogP contribution >= 0.6 is 0 Å². The number of aromatic nitrogens is 1. The van der Waals surface area contributed by atoms with Crippen LogP contribution in [0.4, 0.5) is 5.69 Å². The van der Waals surface area contributed by atoms with Crippen LogP contribution in [0.5, 0.6) is 0 Å². The average molecular weight is 291 g/mol. The molecule has 0 bridgehead atoms. The van der Waals surface area contributed by atoms with E-state index in [2.05, 4.69) is 34.2 Å². The van der Waals surface area contributed by atoms with Crippen molar-refractivity contribution in [3.05, 3.63) is 24.0 Å². The van der Waals surface area contributed by atoms with Gasteiger partial charge in [-0.05, 0) is 26.2 Å². The molecule has 6 nitrogen and oxygen atoms in total. The third-order valence-electron chi connectivity index (χ3n) is 3.79. The topological polar surface area (TPSA) is 51.7 Å². The van der Waals surface area contributed by atoms with Gasteiger partial charge in [-0.3, -0.25) is 9.69 Å². The van der Waals surface area contributed by atoms with Crippen LogP contribution in [0.15, 0.2) is 18.3 Å². The molecular formula is C15H25N5O. The van der Waals surface area contributed by atoms with E-state index in [0.717, 1.165) is 45.0 Å². The SMILES string of the molecule is CNc1ccc(C(=O)N2CCN(CCN(C)C)CC2)nc1. The van der Waals surface area contributed by atoms with Gasteiger partial charge < -0.3 is 15.1 Å². The molecule has 2 heterocycles. The van der Waals surface area contributed by atoms with Crippen LogP contribution in [0.25, 0.3) is 0 Å². The van der Waals surface area contributed by atoms with Gasteiger partial charge in [0.15, 0.2) is 0 Å². The highest BCUT2D eigenvalue weighted by molar-refractivity contribution is 5.92. The number of hydrogen-bond acceptors (Lipinski definition) is 5. The number of nitrogens with zero attached hydrogens (tertiary/aromatic N) is 4. The Morgan fingerprint density at radius 2 is 2.00 bits per heavy atom. The van der Waals surface area contributed by atoms with Gasteiger partial charge in [0.05, 0.1) is 11.9 Å². The lowest BCUT2D eigenvalue weighted by atomic mass is 10.2. The number of likely N-dealkylation sites (N-methyl/N-ethyl adjacent to an activating group) is 1. The molecule has 2 rings (SSSR count).